The van der Waals surface area contributed by atoms with Gasteiger partial charge in [-0.1, -0.05) is 38.1 Å². The summed E-state index contributed by atoms with van der Waals surface area (Å²) in [5, 5.41) is 1.25. The molecule has 1 nitrogen and oxygen atoms in total. The van der Waals surface area contributed by atoms with Gasteiger partial charge in [0.05, 0.1) is 0 Å². The third-order valence-electron chi connectivity index (χ3n) is 3.20. The zero-order valence-electron chi connectivity index (χ0n) is 10.1. The van der Waals surface area contributed by atoms with Gasteiger partial charge in [-0.2, -0.15) is 11.8 Å². The van der Waals surface area contributed by atoms with Gasteiger partial charge in [0.15, 0.2) is 0 Å². The predicted molar refractivity (Wildman–Crippen MR) is 72.8 cm³/mol. The van der Waals surface area contributed by atoms with Crippen LogP contribution < -0.4 is 5.73 Å². The number of nitrogens with two attached hydrogens (primary N) is 1. The first-order chi connectivity index (χ1) is 7.68. The molecule has 88 valence electrons. The lowest BCUT2D eigenvalue weighted by molar-refractivity contribution is 0.630. The highest BCUT2D eigenvalue weighted by atomic mass is 32.2. The first kappa shape index (κ1) is 12.0. The Morgan fingerprint density at radius 3 is 2.81 bits per heavy atom. The van der Waals surface area contributed by atoms with Crippen molar-refractivity contribution in [2.45, 2.75) is 49.7 Å². The molecule has 0 saturated carbocycles. The van der Waals surface area contributed by atoms with Gasteiger partial charge in [-0.3, -0.25) is 0 Å². The van der Waals surface area contributed by atoms with Crippen molar-refractivity contribution in [3.05, 3.63) is 35.4 Å². The summed E-state index contributed by atoms with van der Waals surface area (Å²) in [4.78, 5) is 0. The van der Waals surface area contributed by atoms with Crippen LogP contribution in [-0.2, 0) is 6.42 Å². The van der Waals surface area contributed by atoms with Gasteiger partial charge in [-0.05, 0) is 35.6 Å². The molecule has 0 aliphatic heterocycles. The van der Waals surface area contributed by atoms with E-state index in [1.54, 1.807) is 0 Å². The van der Waals surface area contributed by atoms with Gasteiger partial charge >= 0.3 is 0 Å². The first-order valence-corrected chi connectivity index (χ1v) is 7.11. The molecule has 2 N–H and O–H groups in total. The second-order valence-corrected chi connectivity index (χ2v) is 6.66. The molecule has 2 unspecified atom stereocenters. The molecule has 0 aromatic heterocycles. The maximum absolute atomic E-state index is 6.42. The molecule has 1 aliphatic rings. The topological polar surface area (TPSA) is 26.0 Å². The lowest BCUT2D eigenvalue weighted by atomic mass is 10.00. The molecule has 1 aromatic carbocycles. The van der Waals surface area contributed by atoms with E-state index in [0.717, 1.165) is 0 Å². The Morgan fingerprint density at radius 2 is 2.06 bits per heavy atom. The zero-order chi connectivity index (χ0) is 11.5. The molecule has 0 spiro atoms. The normalized spacial score (nSPS) is 25.2. The van der Waals surface area contributed by atoms with E-state index in [2.05, 4.69) is 38.1 Å². The molecule has 2 atom stereocenters. The average Bonchev–Trinajstić information content (AvgIpc) is 2.40. The van der Waals surface area contributed by atoms with Crippen molar-refractivity contribution in [1.29, 1.82) is 0 Å². The predicted octanol–water partition coefficient (Wildman–Crippen LogP) is 3.53. The highest BCUT2D eigenvalue weighted by Gasteiger charge is 2.25. The fourth-order valence-electron chi connectivity index (χ4n) is 2.46. The van der Waals surface area contributed by atoms with Crippen LogP contribution in [0.2, 0.25) is 0 Å². The molecule has 0 radical (unpaired) electrons. The second kappa shape index (κ2) is 5.24. The maximum Gasteiger partial charge on any atom is 0.0418 e. The van der Waals surface area contributed by atoms with Crippen molar-refractivity contribution in [2.75, 3.05) is 0 Å². The van der Waals surface area contributed by atoms with E-state index in [1.165, 1.54) is 30.4 Å². The van der Waals surface area contributed by atoms with Gasteiger partial charge < -0.3 is 5.73 Å². The minimum absolute atomic E-state index is 0.214. The minimum Gasteiger partial charge on any atom is -0.323 e. The highest BCUT2D eigenvalue weighted by Crippen LogP contribution is 2.35. The van der Waals surface area contributed by atoms with Crippen molar-refractivity contribution in [3.8, 4) is 0 Å². The number of thioether (sulfide) groups is 1. The smallest absolute Gasteiger partial charge is 0.0418 e. The minimum atomic E-state index is 0.214. The molecule has 0 fully saturated rings. The standard InChI is InChI=1S/C14H21NS/c1-10(2)16-13-9-5-7-11-6-3-4-8-12(11)14(13)15/h3-4,6,8,10,13-14H,5,7,9,15H2,1-2H3. The highest BCUT2D eigenvalue weighted by molar-refractivity contribution is 8.00. The van der Waals surface area contributed by atoms with Crippen LogP contribution in [0.1, 0.15) is 43.9 Å². The SMILES string of the molecule is CC(C)SC1CCCc2ccccc2C1N. The third kappa shape index (κ3) is 2.61. The van der Waals surface area contributed by atoms with Crippen LogP contribution in [0.15, 0.2) is 24.3 Å². The number of hydrogen-bond acceptors (Lipinski definition) is 2. The van der Waals surface area contributed by atoms with Crippen molar-refractivity contribution >= 4 is 11.8 Å². The van der Waals surface area contributed by atoms with Gasteiger partial charge in [-0.15, -0.1) is 0 Å². The number of benzene rings is 1. The van der Waals surface area contributed by atoms with Gasteiger partial charge in [-0.25, -0.2) is 0 Å². The summed E-state index contributed by atoms with van der Waals surface area (Å²) in [6.45, 7) is 4.52. The fourth-order valence-corrected chi connectivity index (χ4v) is 3.78. The van der Waals surface area contributed by atoms with E-state index >= 15 is 0 Å². The summed E-state index contributed by atoms with van der Waals surface area (Å²) >= 11 is 2.04. The van der Waals surface area contributed by atoms with Crippen LogP contribution >= 0.6 is 11.8 Å². The van der Waals surface area contributed by atoms with Crippen molar-refractivity contribution in [2.24, 2.45) is 5.73 Å². The largest absolute Gasteiger partial charge is 0.323 e. The monoisotopic (exact) mass is 235 g/mol. The quantitative estimate of drug-likeness (QED) is 0.794. The van der Waals surface area contributed by atoms with E-state index in [1.807, 2.05) is 11.8 Å². The van der Waals surface area contributed by atoms with Crippen LogP contribution in [0.5, 0.6) is 0 Å². The van der Waals surface area contributed by atoms with Crippen molar-refractivity contribution in [1.82, 2.24) is 0 Å². The average molecular weight is 235 g/mol. The Hall–Kier alpha value is -0.470. The fraction of sp³-hybridized carbons (Fsp3) is 0.571. The number of aryl methyl sites for hydroxylation is 1. The molecule has 0 heterocycles. The summed E-state index contributed by atoms with van der Waals surface area (Å²) in [6.07, 6.45) is 3.72. The van der Waals surface area contributed by atoms with Crippen LogP contribution in [0.3, 0.4) is 0 Å². The summed E-state index contributed by atoms with van der Waals surface area (Å²) in [7, 11) is 0. The van der Waals surface area contributed by atoms with Crippen LogP contribution in [0, 0.1) is 0 Å². The Balaban J connectivity index is 2.22. The van der Waals surface area contributed by atoms with Crippen molar-refractivity contribution < 1.29 is 0 Å². The van der Waals surface area contributed by atoms with E-state index in [9.17, 15) is 0 Å². The van der Waals surface area contributed by atoms with Crippen LogP contribution in [0.25, 0.3) is 0 Å². The third-order valence-corrected chi connectivity index (χ3v) is 4.62. The molecule has 0 bridgehead atoms. The molecule has 1 aromatic rings. The Morgan fingerprint density at radius 1 is 1.31 bits per heavy atom. The summed E-state index contributed by atoms with van der Waals surface area (Å²) in [6, 6.07) is 8.89. The molecular weight excluding hydrogens is 214 g/mol. The van der Waals surface area contributed by atoms with Gasteiger partial charge in [0, 0.05) is 11.3 Å². The molecule has 1 aliphatic carbocycles. The van der Waals surface area contributed by atoms with Crippen LogP contribution in [0.4, 0.5) is 0 Å². The molecule has 16 heavy (non-hydrogen) atoms. The van der Waals surface area contributed by atoms with E-state index < -0.39 is 0 Å². The number of rotatable bonds is 2. The Kier molecular flexibility index (Phi) is 3.93. The Labute approximate surface area is 103 Å². The van der Waals surface area contributed by atoms with Gasteiger partial charge in [0.1, 0.15) is 0 Å². The molecular formula is C14H21NS. The van der Waals surface area contributed by atoms with E-state index in [4.69, 9.17) is 5.73 Å². The van der Waals surface area contributed by atoms with E-state index in [0.29, 0.717) is 10.5 Å². The van der Waals surface area contributed by atoms with Gasteiger partial charge in [0.25, 0.3) is 0 Å². The summed E-state index contributed by atoms with van der Waals surface area (Å²) in [5.74, 6) is 0. The molecule has 2 rings (SSSR count). The second-order valence-electron chi connectivity index (χ2n) is 4.84. The maximum atomic E-state index is 6.42. The first-order valence-electron chi connectivity index (χ1n) is 6.17. The number of fused-ring (bicyclic) bond motifs is 1. The van der Waals surface area contributed by atoms with E-state index in [-0.39, 0.29) is 6.04 Å². The molecule has 0 saturated heterocycles. The summed E-state index contributed by atoms with van der Waals surface area (Å²) < 4.78 is 0. The Bertz CT molecular complexity index is 348. The van der Waals surface area contributed by atoms with Crippen molar-refractivity contribution in [3.63, 3.8) is 0 Å². The van der Waals surface area contributed by atoms with Crippen LogP contribution in [-0.4, -0.2) is 10.5 Å². The zero-order valence-corrected chi connectivity index (χ0v) is 11.0. The number of hydrogen-bond donors (Lipinski definition) is 1. The lowest BCUT2D eigenvalue weighted by Gasteiger charge is -2.24. The summed E-state index contributed by atoms with van der Waals surface area (Å²) in [5.41, 5.74) is 9.25. The van der Waals surface area contributed by atoms with Gasteiger partial charge in [0.2, 0.25) is 0 Å². The lowest BCUT2D eigenvalue weighted by Crippen LogP contribution is -2.24. The molecule has 0 amide bonds. The molecule has 2 heteroatoms.